The number of rotatable bonds is 6. The van der Waals surface area contributed by atoms with Crippen LogP contribution in [0.2, 0.25) is 0 Å². The molecule has 0 radical (unpaired) electrons. The minimum atomic E-state index is -0.327. The normalized spacial score (nSPS) is 38.1. The third-order valence-electron chi connectivity index (χ3n) is 9.72. The zero-order chi connectivity index (χ0) is 26.3. The predicted molar refractivity (Wildman–Crippen MR) is 137 cm³/mol. The summed E-state index contributed by atoms with van der Waals surface area (Å²) in [7, 11) is 0. The van der Waals surface area contributed by atoms with Gasteiger partial charge in [0.25, 0.3) is 0 Å². The van der Waals surface area contributed by atoms with Crippen molar-refractivity contribution in [3.63, 3.8) is 0 Å². The standard InChI is InChI=1S/C30H42O6/c1-7-34-28(33)13-8-18(2)24-11-12-25-23-10-9-21-16-22(35-19(3)31)14-15-29(21,5)26(23)17-27(30(24,25)6)36-20(4)32/h8-9,11,13,18,22-23,25-27H,7,10,12,14-17H2,1-6H3/b13-8+/t18-,22+,23+,25+,26+,27-,29+,30-/m1/s1. The number of carbonyl (C=O) groups excluding carboxylic acids is 3. The molecule has 0 aromatic rings. The van der Waals surface area contributed by atoms with Crippen LogP contribution in [0.25, 0.3) is 0 Å². The molecule has 6 nitrogen and oxygen atoms in total. The Morgan fingerprint density at radius 2 is 1.81 bits per heavy atom. The number of carbonyl (C=O) groups is 3. The van der Waals surface area contributed by atoms with E-state index in [1.807, 2.05) is 6.08 Å². The van der Waals surface area contributed by atoms with Crippen molar-refractivity contribution in [2.75, 3.05) is 6.61 Å². The monoisotopic (exact) mass is 498 g/mol. The second-order valence-corrected chi connectivity index (χ2v) is 11.6. The Morgan fingerprint density at radius 1 is 1.08 bits per heavy atom. The number of hydrogen-bond donors (Lipinski definition) is 0. The topological polar surface area (TPSA) is 78.9 Å². The molecule has 0 bridgehead atoms. The van der Waals surface area contributed by atoms with E-state index in [1.165, 1.54) is 31.1 Å². The van der Waals surface area contributed by atoms with Crippen LogP contribution < -0.4 is 0 Å². The maximum atomic E-state index is 12.3. The summed E-state index contributed by atoms with van der Waals surface area (Å²) in [4.78, 5) is 35.8. The molecule has 8 atom stereocenters. The van der Waals surface area contributed by atoms with Gasteiger partial charge in [0.1, 0.15) is 12.2 Å². The van der Waals surface area contributed by atoms with Gasteiger partial charge in [-0.25, -0.2) is 4.79 Å². The van der Waals surface area contributed by atoms with Crippen molar-refractivity contribution in [1.82, 2.24) is 0 Å². The van der Waals surface area contributed by atoms with Crippen LogP contribution in [0.1, 0.15) is 80.1 Å². The molecule has 0 unspecified atom stereocenters. The van der Waals surface area contributed by atoms with Crippen LogP contribution in [0.3, 0.4) is 0 Å². The molecule has 0 amide bonds. The average Bonchev–Trinajstić information content (AvgIpc) is 3.16. The van der Waals surface area contributed by atoms with Crippen molar-refractivity contribution >= 4 is 17.9 Å². The van der Waals surface area contributed by atoms with Crippen molar-refractivity contribution in [3.05, 3.63) is 35.5 Å². The minimum Gasteiger partial charge on any atom is -0.463 e. The molecule has 4 aliphatic rings. The van der Waals surface area contributed by atoms with Crippen molar-refractivity contribution in [2.24, 2.45) is 34.5 Å². The van der Waals surface area contributed by atoms with E-state index in [1.54, 1.807) is 6.92 Å². The van der Waals surface area contributed by atoms with Gasteiger partial charge < -0.3 is 14.2 Å². The molecule has 198 valence electrons. The first-order valence-electron chi connectivity index (χ1n) is 13.6. The first-order chi connectivity index (χ1) is 17.0. The van der Waals surface area contributed by atoms with E-state index in [0.717, 1.165) is 38.5 Å². The van der Waals surface area contributed by atoms with E-state index < -0.39 is 0 Å². The lowest BCUT2D eigenvalue weighted by Gasteiger charge is -2.60. The van der Waals surface area contributed by atoms with Crippen molar-refractivity contribution in [2.45, 2.75) is 92.3 Å². The molecule has 0 aliphatic heterocycles. The zero-order valence-electron chi connectivity index (χ0n) is 22.7. The van der Waals surface area contributed by atoms with Crippen LogP contribution in [0, 0.1) is 34.5 Å². The van der Waals surface area contributed by atoms with E-state index in [0.29, 0.717) is 24.4 Å². The molecule has 36 heavy (non-hydrogen) atoms. The molecule has 0 heterocycles. The Morgan fingerprint density at radius 3 is 2.47 bits per heavy atom. The first-order valence-corrected chi connectivity index (χ1v) is 13.6. The summed E-state index contributed by atoms with van der Waals surface area (Å²) < 4.78 is 16.8. The molecule has 0 aromatic heterocycles. The Hall–Kier alpha value is -2.37. The number of hydrogen-bond acceptors (Lipinski definition) is 6. The fourth-order valence-electron chi connectivity index (χ4n) is 8.09. The second-order valence-electron chi connectivity index (χ2n) is 11.6. The third kappa shape index (κ3) is 4.68. The summed E-state index contributed by atoms with van der Waals surface area (Å²) in [6.45, 7) is 11.9. The largest absolute Gasteiger partial charge is 0.463 e. The third-order valence-corrected chi connectivity index (χ3v) is 9.72. The molecule has 2 saturated carbocycles. The van der Waals surface area contributed by atoms with Gasteiger partial charge in [0.15, 0.2) is 0 Å². The number of fused-ring (bicyclic) bond motifs is 5. The lowest BCUT2D eigenvalue weighted by molar-refractivity contribution is -0.169. The predicted octanol–water partition coefficient (Wildman–Crippen LogP) is 5.71. The lowest BCUT2D eigenvalue weighted by Crippen LogP contribution is -2.56. The maximum absolute atomic E-state index is 12.3. The highest BCUT2D eigenvalue weighted by atomic mass is 16.5. The van der Waals surface area contributed by atoms with Gasteiger partial charge in [-0.1, -0.05) is 50.1 Å². The Kier molecular flexibility index (Phi) is 7.55. The summed E-state index contributed by atoms with van der Waals surface area (Å²) >= 11 is 0. The lowest BCUT2D eigenvalue weighted by atomic mass is 9.46. The van der Waals surface area contributed by atoms with Gasteiger partial charge in [0.2, 0.25) is 0 Å². The average molecular weight is 499 g/mol. The van der Waals surface area contributed by atoms with Gasteiger partial charge in [-0.05, 0) is 68.1 Å². The van der Waals surface area contributed by atoms with Crippen LogP contribution in [0.5, 0.6) is 0 Å². The van der Waals surface area contributed by atoms with Gasteiger partial charge in [-0.2, -0.15) is 0 Å². The van der Waals surface area contributed by atoms with Crippen LogP contribution >= 0.6 is 0 Å². The van der Waals surface area contributed by atoms with E-state index in [-0.39, 0.29) is 46.9 Å². The first kappa shape index (κ1) is 26.7. The molecular weight excluding hydrogens is 456 g/mol. The van der Waals surface area contributed by atoms with Crippen LogP contribution in [0.15, 0.2) is 35.5 Å². The van der Waals surface area contributed by atoms with Crippen LogP contribution in [-0.4, -0.2) is 36.7 Å². The quantitative estimate of drug-likeness (QED) is 0.202. The summed E-state index contributed by atoms with van der Waals surface area (Å²) in [5.74, 6) is 0.546. The minimum absolute atomic E-state index is 0.0253. The Balaban J connectivity index is 1.63. The highest BCUT2D eigenvalue weighted by molar-refractivity contribution is 5.82. The fraction of sp³-hybridized carbons (Fsp3) is 0.700. The van der Waals surface area contributed by atoms with Gasteiger partial charge in [0.05, 0.1) is 6.61 Å². The second kappa shape index (κ2) is 10.2. The van der Waals surface area contributed by atoms with Gasteiger partial charge in [-0.15, -0.1) is 0 Å². The SMILES string of the molecule is CCOC(=O)/C=C/[C@@H](C)C1=CC[C@H]2[C@@H]3CC=C4C[C@@H](OC(C)=O)CC[C@]4(C)[C@H]3C[C@@H](OC(C)=O)[C@]12C. The number of ether oxygens (including phenoxy) is 3. The van der Waals surface area contributed by atoms with Crippen LogP contribution in [0.4, 0.5) is 0 Å². The smallest absolute Gasteiger partial charge is 0.330 e. The molecule has 0 spiro atoms. The Labute approximate surface area is 215 Å². The molecule has 4 rings (SSSR count). The van der Waals surface area contributed by atoms with Crippen molar-refractivity contribution in [3.8, 4) is 0 Å². The van der Waals surface area contributed by atoms with E-state index in [2.05, 4.69) is 32.9 Å². The van der Waals surface area contributed by atoms with Crippen LogP contribution in [-0.2, 0) is 28.6 Å². The summed E-state index contributed by atoms with van der Waals surface area (Å²) in [6, 6.07) is 0. The number of esters is 3. The maximum Gasteiger partial charge on any atom is 0.330 e. The van der Waals surface area contributed by atoms with E-state index >= 15 is 0 Å². The fourth-order valence-corrected chi connectivity index (χ4v) is 8.09. The highest BCUT2D eigenvalue weighted by Crippen LogP contribution is 2.66. The van der Waals surface area contributed by atoms with Gasteiger partial charge >= 0.3 is 17.9 Å². The highest BCUT2D eigenvalue weighted by Gasteiger charge is 2.61. The van der Waals surface area contributed by atoms with E-state index in [4.69, 9.17) is 14.2 Å². The summed E-state index contributed by atoms with van der Waals surface area (Å²) in [5, 5.41) is 0. The summed E-state index contributed by atoms with van der Waals surface area (Å²) in [6.07, 6.45) is 13.4. The Bertz CT molecular complexity index is 991. The van der Waals surface area contributed by atoms with E-state index in [9.17, 15) is 14.4 Å². The molecule has 0 aromatic carbocycles. The van der Waals surface area contributed by atoms with Gasteiger partial charge in [0, 0.05) is 31.8 Å². The molecule has 6 heteroatoms. The molecule has 4 aliphatic carbocycles. The molecule has 0 saturated heterocycles. The van der Waals surface area contributed by atoms with Gasteiger partial charge in [-0.3, -0.25) is 9.59 Å². The zero-order valence-corrected chi connectivity index (χ0v) is 22.7. The van der Waals surface area contributed by atoms with Crippen molar-refractivity contribution < 1.29 is 28.6 Å². The van der Waals surface area contributed by atoms with Crippen molar-refractivity contribution in [1.29, 1.82) is 0 Å². The molecule has 2 fully saturated rings. The number of allylic oxidation sites excluding steroid dienone is 3. The molecular formula is C30H42O6. The molecule has 0 N–H and O–H groups in total. The summed E-state index contributed by atoms with van der Waals surface area (Å²) in [5.41, 5.74) is 2.42.